The van der Waals surface area contributed by atoms with E-state index in [9.17, 15) is 34.5 Å². The zero-order chi connectivity index (χ0) is 53.3. The fourth-order valence-corrected chi connectivity index (χ4v) is 8.02. The van der Waals surface area contributed by atoms with Gasteiger partial charge in [0.1, 0.15) is 18.8 Å². The molecular weight excluding hydrogens is 925 g/mol. The SMILES string of the molecule is CC/C=C\C/C=C\C/C=C\CCCCCC(=O)OC(COC(=O)CCCCCCCC/C=C\C/C=C\C/C=C\CCCCC)COC1OC(C(=O)O)C(O)C(O)C1OC(=O)CCCCCCC/C=C\CCCC. The quantitative estimate of drug-likeness (QED) is 0.0228. The summed E-state index contributed by atoms with van der Waals surface area (Å²) in [6.07, 6.45) is 50.0. The number of carboxylic acids is 1. The first-order chi connectivity index (χ1) is 35.6. The van der Waals surface area contributed by atoms with Gasteiger partial charge in [0.05, 0.1) is 6.61 Å². The number of carbonyl (C=O) groups is 4. The number of aliphatic hydroxyl groups is 2. The molecule has 1 heterocycles. The van der Waals surface area contributed by atoms with E-state index in [2.05, 4.69) is 106 Å². The van der Waals surface area contributed by atoms with Crippen LogP contribution in [0.4, 0.5) is 0 Å². The van der Waals surface area contributed by atoms with Crippen molar-refractivity contribution in [3.63, 3.8) is 0 Å². The molecule has 12 heteroatoms. The zero-order valence-corrected chi connectivity index (χ0v) is 45.6. The molecule has 416 valence electrons. The van der Waals surface area contributed by atoms with Gasteiger partial charge in [-0.2, -0.15) is 0 Å². The Morgan fingerprint density at radius 3 is 1.38 bits per heavy atom. The Balaban J connectivity index is 2.71. The van der Waals surface area contributed by atoms with Crippen molar-refractivity contribution in [1.29, 1.82) is 0 Å². The molecule has 1 fully saturated rings. The number of aliphatic hydroxyl groups excluding tert-OH is 2. The van der Waals surface area contributed by atoms with E-state index >= 15 is 0 Å². The summed E-state index contributed by atoms with van der Waals surface area (Å²) in [5, 5.41) is 31.4. The van der Waals surface area contributed by atoms with Crippen LogP contribution in [0.25, 0.3) is 0 Å². The molecule has 0 aliphatic carbocycles. The Kier molecular flexibility index (Phi) is 44.7. The van der Waals surface area contributed by atoms with Gasteiger partial charge in [0.2, 0.25) is 0 Å². The lowest BCUT2D eigenvalue weighted by Gasteiger charge is -2.40. The Labute approximate surface area is 441 Å². The van der Waals surface area contributed by atoms with Crippen molar-refractivity contribution in [2.75, 3.05) is 13.2 Å². The van der Waals surface area contributed by atoms with E-state index in [-0.39, 0.29) is 25.9 Å². The van der Waals surface area contributed by atoms with E-state index in [0.717, 1.165) is 128 Å². The van der Waals surface area contributed by atoms with E-state index in [0.29, 0.717) is 19.3 Å². The maximum atomic E-state index is 13.1. The van der Waals surface area contributed by atoms with Crippen LogP contribution in [0.5, 0.6) is 0 Å². The highest BCUT2D eigenvalue weighted by Gasteiger charge is 2.50. The van der Waals surface area contributed by atoms with Crippen LogP contribution in [-0.2, 0) is 42.9 Å². The summed E-state index contributed by atoms with van der Waals surface area (Å²) in [7, 11) is 0. The average Bonchev–Trinajstić information content (AvgIpc) is 3.37. The summed E-state index contributed by atoms with van der Waals surface area (Å²) < 4.78 is 28.3. The molecule has 0 radical (unpaired) electrons. The summed E-state index contributed by atoms with van der Waals surface area (Å²) in [5.74, 6) is -3.20. The van der Waals surface area contributed by atoms with Gasteiger partial charge < -0.3 is 39.0 Å². The third-order valence-electron chi connectivity index (χ3n) is 12.4. The van der Waals surface area contributed by atoms with Gasteiger partial charge in [0.25, 0.3) is 0 Å². The average molecular weight is 1030 g/mol. The van der Waals surface area contributed by atoms with Gasteiger partial charge in [0, 0.05) is 19.3 Å². The monoisotopic (exact) mass is 1020 g/mol. The molecule has 0 amide bonds. The number of unbranched alkanes of at least 4 members (excludes halogenated alkanes) is 19. The maximum absolute atomic E-state index is 13.1. The van der Waals surface area contributed by atoms with Gasteiger partial charge in [-0.05, 0) is 109 Å². The van der Waals surface area contributed by atoms with E-state index in [1.165, 1.54) is 38.5 Å². The molecule has 0 aromatic carbocycles. The van der Waals surface area contributed by atoms with Crippen molar-refractivity contribution in [3.05, 3.63) is 85.1 Å². The molecule has 0 spiro atoms. The second-order valence-corrected chi connectivity index (χ2v) is 19.2. The van der Waals surface area contributed by atoms with Gasteiger partial charge in [0.15, 0.2) is 24.6 Å². The maximum Gasteiger partial charge on any atom is 0.335 e. The van der Waals surface area contributed by atoms with Crippen molar-refractivity contribution in [1.82, 2.24) is 0 Å². The Morgan fingerprint density at radius 2 is 0.877 bits per heavy atom. The lowest BCUT2D eigenvalue weighted by molar-refractivity contribution is -0.301. The predicted octanol–water partition coefficient (Wildman–Crippen LogP) is 14.3. The molecule has 0 saturated carbocycles. The second-order valence-electron chi connectivity index (χ2n) is 19.2. The Hall–Kier alpha value is -4.10. The highest BCUT2D eigenvalue weighted by Crippen LogP contribution is 2.26. The molecule has 6 atom stereocenters. The van der Waals surface area contributed by atoms with E-state index < -0.39 is 67.3 Å². The van der Waals surface area contributed by atoms with Crippen molar-refractivity contribution >= 4 is 23.9 Å². The van der Waals surface area contributed by atoms with Crippen LogP contribution in [0.15, 0.2) is 85.1 Å². The number of carbonyl (C=O) groups excluding carboxylic acids is 3. The standard InChI is InChI=1S/C61H100O12/c1-4-7-10-13-16-19-22-24-25-26-27-28-29-31-33-35-38-41-44-47-53(62)69-50-52(71-54(63)48-45-42-39-37-34-30-23-20-17-14-11-8-5-2)51-70-61-59(57(66)56(65)58(73-61)60(67)68)72-55(64)49-46-43-40-36-32-21-18-15-12-9-6-3/h8,11,15-20,24-25,27-28,30,34,52,56-59,61,65-66H,4-7,9-10,12-14,21-23,26,29,31-33,35-51H2,1-3H3,(H,67,68)/b11-8-,18-15-,19-16-,20-17-,25-24-,28-27-,34-30-. The van der Waals surface area contributed by atoms with Crippen molar-refractivity contribution in [2.45, 2.75) is 263 Å². The molecule has 1 rings (SSSR count). The molecule has 3 N–H and O–H groups in total. The van der Waals surface area contributed by atoms with Crippen molar-refractivity contribution in [2.24, 2.45) is 0 Å². The minimum atomic E-state index is -1.91. The van der Waals surface area contributed by atoms with Crippen LogP contribution in [0, 0.1) is 0 Å². The molecule has 12 nitrogen and oxygen atoms in total. The third-order valence-corrected chi connectivity index (χ3v) is 12.4. The fourth-order valence-electron chi connectivity index (χ4n) is 8.02. The first kappa shape index (κ1) is 66.9. The van der Waals surface area contributed by atoms with Crippen LogP contribution in [-0.4, -0.2) is 89.2 Å². The zero-order valence-electron chi connectivity index (χ0n) is 45.6. The number of allylic oxidation sites excluding steroid dienone is 14. The normalized spacial score (nSPS) is 18.9. The number of ether oxygens (including phenoxy) is 5. The molecule has 73 heavy (non-hydrogen) atoms. The van der Waals surface area contributed by atoms with E-state index in [1.54, 1.807) is 0 Å². The molecular formula is C61H100O12. The van der Waals surface area contributed by atoms with E-state index in [4.69, 9.17) is 23.7 Å². The summed E-state index contributed by atoms with van der Waals surface area (Å²) in [6.45, 7) is 5.75. The third kappa shape index (κ3) is 39.0. The molecule has 0 aromatic rings. The smallest absolute Gasteiger partial charge is 0.335 e. The minimum absolute atomic E-state index is 0.0418. The number of rotatable bonds is 47. The van der Waals surface area contributed by atoms with E-state index in [1.807, 2.05) is 0 Å². The molecule has 1 aliphatic heterocycles. The van der Waals surface area contributed by atoms with Crippen LogP contribution < -0.4 is 0 Å². The number of hydrogen-bond donors (Lipinski definition) is 3. The molecule has 6 unspecified atom stereocenters. The van der Waals surface area contributed by atoms with Gasteiger partial charge >= 0.3 is 23.9 Å². The topological polar surface area (TPSA) is 175 Å². The van der Waals surface area contributed by atoms with Crippen LogP contribution in [0.1, 0.15) is 226 Å². The first-order valence-electron chi connectivity index (χ1n) is 28.6. The van der Waals surface area contributed by atoms with Gasteiger partial charge in [-0.25, -0.2) is 4.79 Å². The summed E-state index contributed by atoms with van der Waals surface area (Å²) in [5.41, 5.74) is 0. The second kappa shape index (κ2) is 48.8. The predicted molar refractivity (Wildman–Crippen MR) is 294 cm³/mol. The lowest BCUT2D eigenvalue weighted by atomic mass is 9.98. The van der Waals surface area contributed by atoms with Crippen LogP contribution in [0.2, 0.25) is 0 Å². The van der Waals surface area contributed by atoms with Gasteiger partial charge in [-0.1, -0.05) is 183 Å². The largest absolute Gasteiger partial charge is 0.479 e. The molecule has 0 aromatic heterocycles. The number of aliphatic carboxylic acids is 1. The molecule has 1 aliphatic rings. The number of hydrogen-bond acceptors (Lipinski definition) is 11. The van der Waals surface area contributed by atoms with Crippen molar-refractivity contribution < 1.29 is 58.2 Å². The highest BCUT2D eigenvalue weighted by atomic mass is 16.7. The summed E-state index contributed by atoms with van der Waals surface area (Å²) in [6, 6.07) is 0. The lowest BCUT2D eigenvalue weighted by Crippen LogP contribution is -2.61. The highest BCUT2D eigenvalue weighted by molar-refractivity contribution is 5.74. The van der Waals surface area contributed by atoms with Crippen LogP contribution >= 0.6 is 0 Å². The van der Waals surface area contributed by atoms with Gasteiger partial charge in [-0.15, -0.1) is 0 Å². The Bertz CT molecular complexity index is 1590. The molecule has 1 saturated heterocycles. The summed E-state index contributed by atoms with van der Waals surface area (Å²) in [4.78, 5) is 51.0. The van der Waals surface area contributed by atoms with Crippen LogP contribution in [0.3, 0.4) is 0 Å². The van der Waals surface area contributed by atoms with Crippen molar-refractivity contribution in [3.8, 4) is 0 Å². The minimum Gasteiger partial charge on any atom is -0.479 e. The number of esters is 3. The Morgan fingerprint density at radius 1 is 0.466 bits per heavy atom. The summed E-state index contributed by atoms with van der Waals surface area (Å²) >= 11 is 0. The first-order valence-corrected chi connectivity index (χ1v) is 28.6. The number of carboxylic acid groups (broad SMARTS) is 1. The van der Waals surface area contributed by atoms with Gasteiger partial charge in [-0.3, -0.25) is 14.4 Å². The fraction of sp³-hybridized carbons (Fsp3) is 0.705. The molecule has 0 bridgehead atoms.